The molecule has 1 amide bonds. The van der Waals surface area contributed by atoms with Gasteiger partial charge in [-0.25, -0.2) is 0 Å². The maximum absolute atomic E-state index is 11.8. The van der Waals surface area contributed by atoms with Crippen LogP contribution in [-0.4, -0.2) is 12.5 Å². The highest BCUT2D eigenvalue weighted by Gasteiger charge is 2.03. The van der Waals surface area contributed by atoms with Gasteiger partial charge in [0.05, 0.1) is 6.42 Å². The van der Waals surface area contributed by atoms with Crippen LogP contribution in [0.3, 0.4) is 0 Å². The second kappa shape index (κ2) is 7.32. The highest BCUT2D eigenvalue weighted by molar-refractivity contribution is 6.30. The highest BCUT2D eigenvalue weighted by Crippen LogP contribution is 2.10. The predicted molar refractivity (Wildman–Crippen MR) is 83.3 cm³/mol. The Labute approximate surface area is 128 Å². The molecule has 1 N–H and O–H groups in total. The molecule has 0 heterocycles. The lowest BCUT2D eigenvalue weighted by molar-refractivity contribution is -0.120. The average Bonchev–Trinajstić information content (AvgIpc) is 2.44. The van der Waals surface area contributed by atoms with Crippen LogP contribution in [0.5, 0.6) is 0 Å². The smallest absolute Gasteiger partial charge is 0.224 e. The van der Waals surface area contributed by atoms with Crippen LogP contribution in [0.25, 0.3) is 0 Å². The Morgan fingerprint density at radius 2 is 1.35 bits per heavy atom. The molecule has 0 aliphatic rings. The van der Waals surface area contributed by atoms with E-state index in [2.05, 4.69) is 5.32 Å². The van der Waals surface area contributed by atoms with Crippen LogP contribution in [0.2, 0.25) is 10.0 Å². The van der Waals surface area contributed by atoms with Crippen molar-refractivity contribution in [1.82, 2.24) is 5.32 Å². The Kier molecular flexibility index (Phi) is 5.45. The first-order chi connectivity index (χ1) is 9.63. The number of hydrogen-bond donors (Lipinski definition) is 1. The summed E-state index contributed by atoms with van der Waals surface area (Å²) in [5.74, 6) is 0.0151. The first-order valence-corrected chi connectivity index (χ1v) is 7.14. The van der Waals surface area contributed by atoms with Crippen molar-refractivity contribution >= 4 is 29.1 Å². The SMILES string of the molecule is O=C(Cc1ccc(Cl)cc1)NCCc1ccc(Cl)cc1. The molecule has 2 rings (SSSR count). The third kappa shape index (κ3) is 4.87. The van der Waals surface area contributed by atoms with E-state index < -0.39 is 0 Å². The lowest BCUT2D eigenvalue weighted by atomic mass is 10.1. The van der Waals surface area contributed by atoms with E-state index in [-0.39, 0.29) is 5.91 Å². The zero-order valence-corrected chi connectivity index (χ0v) is 12.4. The molecular formula is C16H15Cl2NO. The molecule has 0 aliphatic heterocycles. The second-order valence-corrected chi connectivity index (χ2v) is 5.40. The molecule has 0 radical (unpaired) electrons. The van der Waals surface area contributed by atoms with Crippen LogP contribution >= 0.6 is 23.2 Å². The van der Waals surface area contributed by atoms with Gasteiger partial charge in [-0.15, -0.1) is 0 Å². The molecule has 0 bridgehead atoms. The van der Waals surface area contributed by atoms with Crippen molar-refractivity contribution in [2.45, 2.75) is 12.8 Å². The summed E-state index contributed by atoms with van der Waals surface area (Å²) >= 11 is 11.6. The molecular weight excluding hydrogens is 293 g/mol. The summed E-state index contributed by atoms with van der Waals surface area (Å²) in [5, 5.41) is 4.30. The standard InChI is InChI=1S/C16H15Cl2NO/c17-14-5-1-12(2-6-14)9-10-19-16(20)11-13-3-7-15(18)8-4-13/h1-8H,9-11H2,(H,19,20). The summed E-state index contributed by atoms with van der Waals surface area (Å²) in [4.78, 5) is 11.8. The van der Waals surface area contributed by atoms with E-state index in [1.807, 2.05) is 36.4 Å². The minimum absolute atomic E-state index is 0.0151. The topological polar surface area (TPSA) is 29.1 Å². The average molecular weight is 308 g/mol. The summed E-state index contributed by atoms with van der Waals surface area (Å²) in [7, 11) is 0. The van der Waals surface area contributed by atoms with E-state index >= 15 is 0 Å². The Morgan fingerprint density at radius 3 is 1.90 bits per heavy atom. The van der Waals surface area contributed by atoms with Gasteiger partial charge in [0, 0.05) is 16.6 Å². The molecule has 2 aromatic carbocycles. The minimum atomic E-state index is 0.0151. The second-order valence-electron chi connectivity index (χ2n) is 4.53. The summed E-state index contributed by atoms with van der Waals surface area (Å²) in [6.07, 6.45) is 1.17. The van der Waals surface area contributed by atoms with Crippen LogP contribution in [0.15, 0.2) is 48.5 Å². The largest absolute Gasteiger partial charge is 0.355 e. The molecule has 0 fully saturated rings. The fourth-order valence-electron chi connectivity index (χ4n) is 1.85. The van der Waals surface area contributed by atoms with Gasteiger partial charge in [0.15, 0.2) is 0 Å². The van der Waals surface area contributed by atoms with E-state index in [1.165, 1.54) is 0 Å². The van der Waals surface area contributed by atoms with Gasteiger partial charge in [0.25, 0.3) is 0 Å². The maximum Gasteiger partial charge on any atom is 0.224 e. The first-order valence-electron chi connectivity index (χ1n) is 6.39. The van der Waals surface area contributed by atoms with Crippen LogP contribution in [-0.2, 0) is 17.6 Å². The fraction of sp³-hybridized carbons (Fsp3) is 0.188. The molecule has 0 saturated carbocycles. The number of carbonyl (C=O) groups excluding carboxylic acids is 1. The Bertz CT molecular complexity index is 564. The predicted octanol–water partition coefficient (Wildman–Crippen LogP) is 3.89. The van der Waals surface area contributed by atoms with Crippen molar-refractivity contribution in [2.75, 3.05) is 6.54 Å². The number of carbonyl (C=O) groups is 1. The fourth-order valence-corrected chi connectivity index (χ4v) is 2.10. The lowest BCUT2D eigenvalue weighted by Crippen LogP contribution is -2.27. The van der Waals surface area contributed by atoms with Crippen molar-refractivity contribution in [3.8, 4) is 0 Å². The van der Waals surface area contributed by atoms with Gasteiger partial charge >= 0.3 is 0 Å². The van der Waals surface area contributed by atoms with Crippen molar-refractivity contribution in [3.63, 3.8) is 0 Å². The molecule has 0 aliphatic carbocycles. The highest BCUT2D eigenvalue weighted by atomic mass is 35.5. The Hall–Kier alpha value is -1.51. The number of hydrogen-bond acceptors (Lipinski definition) is 1. The van der Waals surface area contributed by atoms with Gasteiger partial charge < -0.3 is 5.32 Å². The van der Waals surface area contributed by atoms with Gasteiger partial charge in [-0.1, -0.05) is 47.5 Å². The summed E-state index contributed by atoms with van der Waals surface area (Å²) in [5.41, 5.74) is 2.11. The summed E-state index contributed by atoms with van der Waals surface area (Å²) in [6, 6.07) is 14.9. The van der Waals surface area contributed by atoms with Crippen molar-refractivity contribution < 1.29 is 4.79 Å². The first kappa shape index (κ1) is 14.9. The number of halogens is 2. The molecule has 0 saturated heterocycles. The van der Waals surface area contributed by atoms with E-state index in [1.54, 1.807) is 12.1 Å². The Morgan fingerprint density at radius 1 is 0.850 bits per heavy atom. The molecule has 0 aromatic heterocycles. The molecule has 4 heteroatoms. The Balaban J connectivity index is 1.75. The van der Waals surface area contributed by atoms with Crippen LogP contribution in [0, 0.1) is 0 Å². The molecule has 104 valence electrons. The van der Waals surface area contributed by atoms with Gasteiger partial charge in [0.2, 0.25) is 5.91 Å². The van der Waals surface area contributed by atoms with Gasteiger partial charge in [-0.05, 0) is 41.8 Å². The molecule has 20 heavy (non-hydrogen) atoms. The maximum atomic E-state index is 11.8. The number of benzene rings is 2. The number of rotatable bonds is 5. The zero-order valence-electron chi connectivity index (χ0n) is 10.9. The van der Waals surface area contributed by atoms with Crippen LogP contribution in [0.1, 0.15) is 11.1 Å². The van der Waals surface area contributed by atoms with E-state index in [4.69, 9.17) is 23.2 Å². The monoisotopic (exact) mass is 307 g/mol. The van der Waals surface area contributed by atoms with E-state index in [9.17, 15) is 4.79 Å². The van der Waals surface area contributed by atoms with Crippen molar-refractivity contribution in [1.29, 1.82) is 0 Å². The molecule has 0 unspecified atom stereocenters. The number of amides is 1. The molecule has 2 nitrogen and oxygen atoms in total. The summed E-state index contributed by atoms with van der Waals surface area (Å²) in [6.45, 7) is 0.619. The van der Waals surface area contributed by atoms with Crippen LogP contribution in [0.4, 0.5) is 0 Å². The molecule has 2 aromatic rings. The minimum Gasteiger partial charge on any atom is -0.355 e. The lowest BCUT2D eigenvalue weighted by Gasteiger charge is -2.06. The summed E-state index contributed by atoms with van der Waals surface area (Å²) < 4.78 is 0. The molecule has 0 spiro atoms. The van der Waals surface area contributed by atoms with Gasteiger partial charge in [0.1, 0.15) is 0 Å². The van der Waals surface area contributed by atoms with Crippen molar-refractivity contribution in [2.24, 2.45) is 0 Å². The third-order valence-corrected chi connectivity index (χ3v) is 3.43. The van der Waals surface area contributed by atoms with Gasteiger partial charge in [-0.3, -0.25) is 4.79 Å². The molecule has 0 atom stereocenters. The third-order valence-electron chi connectivity index (χ3n) is 2.93. The normalized spacial score (nSPS) is 10.3. The number of nitrogens with one attached hydrogen (secondary N) is 1. The van der Waals surface area contributed by atoms with E-state index in [0.717, 1.165) is 22.6 Å². The zero-order chi connectivity index (χ0) is 14.4. The van der Waals surface area contributed by atoms with E-state index in [0.29, 0.717) is 18.0 Å². The van der Waals surface area contributed by atoms with Crippen LogP contribution < -0.4 is 5.32 Å². The quantitative estimate of drug-likeness (QED) is 0.892. The van der Waals surface area contributed by atoms with Gasteiger partial charge in [-0.2, -0.15) is 0 Å². The van der Waals surface area contributed by atoms with Crippen molar-refractivity contribution in [3.05, 3.63) is 69.7 Å².